The second kappa shape index (κ2) is 44.6. The van der Waals surface area contributed by atoms with Crippen molar-refractivity contribution in [2.24, 2.45) is 5.73 Å². The quantitative estimate of drug-likeness (QED) is 0.159. The summed E-state index contributed by atoms with van der Waals surface area (Å²) in [4.78, 5) is 0. The van der Waals surface area contributed by atoms with E-state index in [1.807, 2.05) is 0 Å². The Balaban J connectivity index is 0.000000600. The predicted molar refractivity (Wildman–Crippen MR) is 192 cm³/mol. The van der Waals surface area contributed by atoms with Crippen LogP contribution in [-0.2, 0) is 47.4 Å². The van der Waals surface area contributed by atoms with Gasteiger partial charge in [0, 0.05) is 0 Å². The summed E-state index contributed by atoms with van der Waals surface area (Å²) in [5, 5.41) is 0. The summed E-state index contributed by atoms with van der Waals surface area (Å²) in [5.41, 5.74) is 4.50. The van der Waals surface area contributed by atoms with Crippen molar-refractivity contribution in [1.29, 1.82) is 0 Å². The van der Waals surface area contributed by atoms with E-state index in [1.165, 1.54) is 103 Å². The van der Waals surface area contributed by atoms with E-state index >= 15 is 0 Å². The van der Waals surface area contributed by atoms with E-state index in [0.717, 1.165) is 126 Å². The number of ether oxygens (including phenoxy) is 10. The summed E-state index contributed by atoms with van der Waals surface area (Å²) in [5.74, 6) is 0. The molecule has 10 saturated heterocycles. The number of hydrogen-bond acceptors (Lipinski definition) is 11. The van der Waals surface area contributed by atoms with Crippen LogP contribution >= 0.6 is 0 Å². The molecule has 0 aliphatic carbocycles. The van der Waals surface area contributed by atoms with Crippen molar-refractivity contribution < 1.29 is 47.4 Å². The van der Waals surface area contributed by atoms with Crippen molar-refractivity contribution in [2.75, 3.05) is 133 Å². The second-order valence-electron chi connectivity index (χ2n) is 11.9. The second-order valence-corrected chi connectivity index (χ2v) is 11.9. The van der Waals surface area contributed by atoms with Crippen molar-refractivity contribution in [3.63, 3.8) is 0 Å². The Bertz CT molecular complexity index is 432. The summed E-state index contributed by atoms with van der Waals surface area (Å²) in [6, 6.07) is 0. The Morgan fingerprint density at radius 3 is 0.646 bits per heavy atom. The highest BCUT2D eigenvalue weighted by atomic mass is 16.6. The van der Waals surface area contributed by atoms with Gasteiger partial charge in [0.25, 0.3) is 0 Å². The fraction of sp³-hybridized carbons (Fsp3) is 1.00. The maximum Gasteiger partial charge on any atom is 0.0810 e. The van der Waals surface area contributed by atoms with E-state index in [0.29, 0.717) is 6.10 Å². The summed E-state index contributed by atoms with van der Waals surface area (Å²) in [6.45, 7) is 21.3. The molecule has 10 rings (SSSR count). The van der Waals surface area contributed by atoms with Gasteiger partial charge in [-0.2, -0.15) is 0 Å². The minimum absolute atomic E-state index is 0.650. The molecule has 0 bridgehead atoms. The predicted octanol–water partition coefficient (Wildman–Crippen LogP) is 5.98. The van der Waals surface area contributed by atoms with E-state index in [1.54, 1.807) is 0 Å². The average Bonchev–Trinajstić information content (AvgIpc) is 4.01. The molecule has 1 unspecified atom stereocenters. The highest BCUT2D eigenvalue weighted by molar-refractivity contribution is 4.68. The van der Waals surface area contributed by atoms with Gasteiger partial charge in [0.1, 0.15) is 0 Å². The molecular formula is C37H77NO10. The van der Waals surface area contributed by atoms with Crippen molar-refractivity contribution >= 4 is 0 Å². The zero-order valence-electron chi connectivity index (χ0n) is 31.3. The molecule has 0 amide bonds. The van der Waals surface area contributed by atoms with Gasteiger partial charge in [0.15, 0.2) is 0 Å². The molecule has 10 fully saturated rings. The lowest BCUT2D eigenvalue weighted by atomic mass is 10.0. The average molecular weight is 696 g/mol. The first-order valence-electron chi connectivity index (χ1n) is 19.3. The molecule has 0 radical (unpaired) electrons. The number of nitrogens with two attached hydrogens (primary N) is 1. The normalized spacial score (nSPS) is 20.7. The van der Waals surface area contributed by atoms with E-state index < -0.39 is 0 Å². The number of hydrogen-bond donors (Lipinski definition) is 1. The van der Waals surface area contributed by atoms with Gasteiger partial charge >= 0.3 is 0 Å². The van der Waals surface area contributed by atoms with Gasteiger partial charge in [-0.3, -0.25) is 0 Å². The third-order valence-electron chi connectivity index (χ3n) is 6.12. The molecule has 1 atom stereocenters. The number of epoxide rings is 10. The van der Waals surface area contributed by atoms with Crippen LogP contribution in [0.15, 0.2) is 0 Å². The molecule has 0 aromatic rings. The molecule has 10 aliphatic heterocycles. The van der Waals surface area contributed by atoms with Crippen molar-refractivity contribution in [1.82, 2.24) is 0 Å². The third-order valence-corrected chi connectivity index (χ3v) is 6.12. The summed E-state index contributed by atoms with van der Waals surface area (Å²) in [6.07, 6.45) is 22.3. The van der Waals surface area contributed by atoms with Crippen LogP contribution < -0.4 is 5.73 Å². The Morgan fingerprint density at radius 2 is 0.500 bits per heavy atom. The van der Waals surface area contributed by atoms with Gasteiger partial charge in [-0.05, 0) is 13.5 Å². The monoisotopic (exact) mass is 696 g/mol. The van der Waals surface area contributed by atoms with Gasteiger partial charge in [-0.1, -0.05) is 96.8 Å². The molecule has 0 aromatic heterocycles. The summed E-state index contributed by atoms with van der Waals surface area (Å²) >= 11 is 0. The standard InChI is InChI=1S/C18H36O.9C2H4O.CH5N/c1-2-3-4-5-6-7-8-9-10-11-12-13-14-15-16-18-17-19-18;9*1-2-3-1;1-2/h18H,2-17H2,1H3;9*1-2H2;2H2,1H3. The maximum absolute atomic E-state index is 5.22. The molecular weight excluding hydrogens is 618 g/mol. The van der Waals surface area contributed by atoms with Crippen molar-refractivity contribution in [3.05, 3.63) is 0 Å². The van der Waals surface area contributed by atoms with Crippen molar-refractivity contribution in [2.45, 2.75) is 109 Å². The minimum Gasteiger partial charge on any atom is -0.377 e. The lowest BCUT2D eigenvalue weighted by Crippen LogP contribution is -1.86. The zero-order chi connectivity index (χ0) is 34.7. The largest absolute Gasteiger partial charge is 0.377 e. The Labute approximate surface area is 294 Å². The summed E-state index contributed by atoms with van der Waals surface area (Å²) in [7, 11) is 1.50. The fourth-order valence-corrected chi connectivity index (χ4v) is 2.80. The van der Waals surface area contributed by atoms with Crippen LogP contribution in [0.1, 0.15) is 103 Å². The molecule has 0 aromatic carbocycles. The smallest absolute Gasteiger partial charge is 0.0810 e. The lowest BCUT2D eigenvalue weighted by Gasteiger charge is -2.03. The van der Waals surface area contributed by atoms with Crippen LogP contribution in [0.4, 0.5) is 0 Å². The molecule has 10 aliphatic rings. The molecule has 0 spiro atoms. The topological polar surface area (TPSA) is 151 Å². The molecule has 0 saturated carbocycles. The number of rotatable bonds is 15. The maximum atomic E-state index is 5.22. The first kappa shape index (κ1) is 47.6. The van der Waals surface area contributed by atoms with Crippen LogP contribution in [0.25, 0.3) is 0 Å². The van der Waals surface area contributed by atoms with Gasteiger partial charge < -0.3 is 53.1 Å². The highest BCUT2D eigenvalue weighted by Gasteiger charge is 2.20. The highest BCUT2D eigenvalue weighted by Crippen LogP contribution is 2.18. The van der Waals surface area contributed by atoms with Gasteiger partial charge in [-0.25, -0.2) is 0 Å². The van der Waals surface area contributed by atoms with Gasteiger partial charge in [0.2, 0.25) is 0 Å². The van der Waals surface area contributed by atoms with E-state index in [2.05, 4.69) is 55.3 Å². The Kier molecular flexibility index (Phi) is 44.2. The van der Waals surface area contributed by atoms with Crippen LogP contribution in [-0.4, -0.2) is 139 Å². The molecule has 11 heteroatoms. The molecule has 11 nitrogen and oxygen atoms in total. The van der Waals surface area contributed by atoms with Crippen LogP contribution in [0.5, 0.6) is 0 Å². The lowest BCUT2D eigenvalue weighted by molar-refractivity contribution is 0.387. The van der Waals surface area contributed by atoms with Gasteiger partial charge in [0.05, 0.1) is 132 Å². The van der Waals surface area contributed by atoms with Crippen LogP contribution in [0, 0.1) is 0 Å². The van der Waals surface area contributed by atoms with Crippen LogP contribution in [0.2, 0.25) is 0 Å². The molecule has 10 heterocycles. The van der Waals surface area contributed by atoms with Crippen molar-refractivity contribution in [3.8, 4) is 0 Å². The first-order chi connectivity index (χ1) is 23.9. The Morgan fingerprint density at radius 1 is 0.333 bits per heavy atom. The summed E-state index contributed by atoms with van der Waals surface area (Å²) < 4.78 is 45.7. The van der Waals surface area contributed by atoms with Crippen LogP contribution in [0.3, 0.4) is 0 Å². The fourth-order valence-electron chi connectivity index (χ4n) is 2.80. The third kappa shape index (κ3) is 119. The Hall–Kier alpha value is -0.440. The van der Waals surface area contributed by atoms with E-state index in [4.69, 9.17) is 4.74 Å². The molecule has 2 N–H and O–H groups in total. The van der Waals surface area contributed by atoms with E-state index in [9.17, 15) is 0 Å². The van der Waals surface area contributed by atoms with E-state index in [-0.39, 0.29) is 0 Å². The SMILES string of the molecule is C1CO1.C1CO1.C1CO1.C1CO1.C1CO1.C1CO1.C1CO1.C1CO1.C1CO1.CCCCCCCCCCCCCCCCC1CO1.CN. The number of unbranched alkanes of at least 4 members (excludes halogenated alkanes) is 13. The minimum atomic E-state index is 0.650. The molecule has 290 valence electrons. The van der Waals surface area contributed by atoms with Gasteiger partial charge in [-0.15, -0.1) is 0 Å². The zero-order valence-corrected chi connectivity index (χ0v) is 31.3. The molecule has 48 heavy (non-hydrogen) atoms. The first-order valence-corrected chi connectivity index (χ1v) is 19.3.